The van der Waals surface area contributed by atoms with Gasteiger partial charge in [0.15, 0.2) is 5.96 Å². The number of hydrogen-bond donors (Lipinski definition) is 2. The standard InChI is InChI=1S/C14H20N4O2.HI/c1-11(19)17-12-4-3-5-13(10-12)20-9-7-16-14-15-6-8-18(14)2;/h3-5,10H,6-9H2,1-2H3,(H,15,16)(H,17,19);1H. The molecule has 0 atom stereocenters. The molecule has 116 valence electrons. The lowest BCUT2D eigenvalue weighted by Crippen LogP contribution is -2.37. The Kier molecular flexibility index (Phi) is 7.27. The highest BCUT2D eigenvalue weighted by Gasteiger charge is 2.10. The number of aliphatic imine (C=N–C) groups is 1. The fourth-order valence-electron chi connectivity index (χ4n) is 1.92. The van der Waals surface area contributed by atoms with E-state index in [1.165, 1.54) is 6.92 Å². The zero-order chi connectivity index (χ0) is 14.4. The number of ether oxygens (including phenoxy) is 1. The number of nitrogens with zero attached hydrogens (tertiary/aromatic N) is 2. The number of benzene rings is 1. The summed E-state index contributed by atoms with van der Waals surface area (Å²) in [6.45, 7) is 4.51. The first-order chi connectivity index (χ1) is 9.65. The summed E-state index contributed by atoms with van der Waals surface area (Å²) in [5.41, 5.74) is 0.739. The van der Waals surface area contributed by atoms with E-state index >= 15 is 0 Å². The SMILES string of the molecule is CC(=O)Nc1cccc(OCCNC2=NCCN2C)c1.I. The van der Waals surface area contributed by atoms with Crippen LogP contribution in [-0.2, 0) is 4.79 Å². The van der Waals surface area contributed by atoms with Gasteiger partial charge in [-0.15, -0.1) is 24.0 Å². The maximum atomic E-state index is 11.0. The molecule has 0 bridgehead atoms. The van der Waals surface area contributed by atoms with Crippen molar-refractivity contribution in [2.45, 2.75) is 6.92 Å². The van der Waals surface area contributed by atoms with E-state index in [2.05, 4.69) is 20.5 Å². The van der Waals surface area contributed by atoms with Gasteiger partial charge in [-0.25, -0.2) is 0 Å². The summed E-state index contributed by atoms with van der Waals surface area (Å²) in [6.07, 6.45) is 0. The highest BCUT2D eigenvalue weighted by Crippen LogP contribution is 2.16. The van der Waals surface area contributed by atoms with Crippen molar-refractivity contribution in [2.24, 2.45) is 4.99 Å². The van der Waals surface area contributed by atoms with Gasteiger partial charge in [0.2, 0.25) is 5.91 Å². The van der Waals surface area contributed by atoms with Gasteiger partial charge < -0.3 is 20.3 Å². The van der Waals surface area contributed by atoms with Gasteiger partial charge in [0.05, 0.1) is 13.1 Å². The van der Waals surface area contributed by atoms with Gasteiger partial charge in [0.25, 0.3) is 0 Å². The number of amides is 1. The first kappa shape index (κ1) is 17.5. The summed E-state index contributed by atoms with van der Waals surface area (Å²) >= 11 is 0. The number of carbonyl (C=O) groups excluding carboxylic acids is 1. The van der Waals surface area contributed by atoms with Crippen molar-refractivity contribution in [3.8, 4) is 5.75 Å². The number of nitrogens with one attached hydrogen (secondary N) is 2. The maximum absolute atomic E-state index is 11.0. The average Bonchev–Trinajstić information content (AvgIpc) is 2.80. The molecule has 1 aromatic rings. The maximum Gasteiger partial charge on any atom is 0.221 e. The molecule has 6 nitrogen and oxygen atoms in total. The van der Waals surface area contributed by atoms with Crippen molar-refractivity contribution in [3.05, 3.63) is 24.3 Å². The number of carbonyl (C=O) groups is 1. The van der Waals surface area contributed by atoms with Gasteiger partial charge in [0.1, 0.15) is 12.4 Å². The molecular formula is C14H21IN4O2. The van der Waals surface area contributed by atoms with Crippen LogP contribution in [0.3, 0.4) is 0 Å². The quantitative estimate of drug-likeness (QED) is 0.577. The van der Waals surface area contributed by atoms with E-state index in [4.69, 9.17) is 4.74 Å². The van der Waals surface area contributed by atoms with E-state index < -0.39 is 0 Å². The van der Waals surface area contributed by atoms with Crippen LogP contribution in [0.2, 0.25) is 0 Å². The number of likely N-dealkylation sites (N-methyl/N-ethyl adjacent to an activating group) is 1. The van der Waals surface area contributed by atoms with E-state index in [0.29, 0.717) is 13.2 Å². The number of halogens is 1. The van der Waals surface area contributed by atoms with E-state index in [9.17, 15) is 4.79 Å². The molecule has 1 heterocycles. The fourth-order valence-corrected chi connectivity index (χ4v) is 1.92. The second-order valence-electron chi connectivity index (χ2n) is 4.61. The molecule has 2 rings (SSSR count). The molecule has 0 saturated heterocycles. The lowest BCUT2D eigenvalue weighted by molar-refractivity contribution is -0.114. The van der Waals surface area contributed by atoms with Crippen LogP contribution in [0, 0.1) is 0 Å². The second-order valence-corrected chi connectivity index (χ2v) is 4.61. The van der Waals surface area contributed by atoms with Crippen LogP contribution in [0.25, 0.3) is 0 Å². The Balaban J connectivity index is 0.00000220. The van der Waals surface area contributed by atoms with Gasteiger partial charge >= 0.3 is 0 Å². The largest absolute Gasteiger partial charge is 0.492 e. The third-order valence-corrected chi connectivity index (χ3v) is 2.87. The molecule has 0 saturated carbocycles. The third-order valence-electron chi connectivity index (χ3n) is 2.87. The molecule has 21 heavy (non-hydrogen) atoms. The number of hydrogen-bond acceptors (Lipinski definition) is 5. The fraction of sp³-hybridized carbons (Fsp3) is 0.429. The molecule has 0 radical (unpaired) electrons. The molecular weight excluding hydrogens is 383 g/mol. The third kappa shape index (κ3) is 5.78. The van der Waals surface area contributed by atoms with Crippen LogP contribution >= 0.6 is 24.0 Å². The summed E-state index contributed by atoms with van der Waals surface area (Å²) in [5, 5.41) is 5.96. The average molecular weight is 404 g/mol. The molecule has 0 aromatic heterocycles. The van der Waals surface area contributed by atoms with Gasteiger partial charge in [-0.1, -0.05) is 6.07 Å². The zero-order valence-electron chi connectivity index (χ0n) is 12.3. The van der Waals surface area contributed by atoms with Gasteiger partial charge in [-0.05, 0) is 12.1 Å². The lowest BCUT2D eigenvalue weighted by Gasteiger charge is -2.15. The lowest BCUT2D eigenvalue weighted by atomic mass is 10.3. The Hall–Kier alpha value is -1.51. The van der Waals surface area contributed by atoms with Gasteiger partial charge in [-0.3, -0.25) is 9.79 Å². The van der Waals surface area contributed by atoms with Crippen LogP contribution < -0.4 is 15.4 Å². The van der Waals surface area contributed by atoms with E-state index in [0.717, 1.165) is 30.5 Å². The van der Waals surface area contributed by atoms with Crippen LogP contribution in [0.5, 0.6) is 5.75 Å². The summed E-state index contributed by atoms with van der Waals surface area (Å²) in [6, 6.07) is 7.35. The minimum atomic E-state index is -0.0916. The predicted molar refractivity (Wildman–Crippen MR) is 94.6 cm³/mol. The van der Waals surface area contributed by atoms with Crippen molar-refractivity contribution in [1.82, 2.24) is 10.2 Å². The predicted octanol–water partition coefficient (Wildman–Crippen LogP) is 1.53. The summed E-state index contributed by atoms with van der Waals surface area (Å²) in [4.78, 5) is 17.4. The van der Waals surface area contributed by atoms with Crippen molar-refractivity contribution in [2.75, 3.05) is 38.6 Å². The minimum Gasteiger partial charge on any atom is -0.492 e. The first-order valence-corrected chi connectivity index (χ1v) is 6.65. The Morgan fingerprint density at radius 2 is 2.29 bits per heavy atom. The highest BCUT2D eigenvalue weighted by atomic mass is 127. The molecule has 1 aromatic carbocycles. The van der Waals surface area contributed by atoms with Crippen molar-refractivity contribution in [1.29, 1.82) is 0 Å². The summed E-state index contributed by atoms with van der Waals surface area (Å²) in [5.74, 6) is 1.56. The van der Waals surface area contributed by atoms with Crippen molar-refractivity contribution in [3.63, 3.8) is 0 Å². The Labute approximate surface area is 142 Å². The first-order valence-electron chi connectivity index (χ1n) is 6.65. The molecule has 1 amide bonds. The Bertz CT molecular complexity index is 508. The van der Waals surface area contributed by atoms with Crippen molar-refractivity contribution < 1.29 is 9.53 Å². The number of anilines is 1. The molecule has 0 aliphatic carbocycles. The summed E-state index contributed by atoms with van der Waals surface area (Å²) < 4.78 is 5.64. The molecule has 1 aliphatic heterocycles. The minimum absolute atomic E-state index is 0. The Morgan fingerprint density at radius 3 is 2.95 bits per heavy atom. The topological polar surface area (TPSA) is 66.0 Å². The van der Waals surface area contributed by atoms with E-state index in [1.54, 1.807) is 6.07 Å². The molecule has 1 aliphatic rings. The van der Waals surface area contributed by atoms with Crippen molar-refractivity contribution >= 4 is 41.5 Å². The monoisotopic (exact) mass is 404 g/mol. The smallest absolute Gasteiger partial charge is 0.221 e. The van der Waals surface area contributed by atoms with Gasteiger partial charge in [-0.2, -0.15) is 0 Å². The second kappa shape index (κ2) is 8.71. The van der Waals surface area contributed by atoms with Crippen LogP contribution in [0.15, 0.2) is 29.3 Å². The Morgan fingerprint density at radius 1 is 1.48 bits per heavy atom. The molecule has 7 heteroatoms. The zero-order valence-corrected chi connectivity index (χ0v) is 14.6. The number of guanidine groups is 1. The van der Waals surface area contributed by atoms with Crippen LogP contribution in [0.1, 0.15) is 6.92 Å². The van der Waals surface area contributed by atoms with Crippen LogP contribution in [-0.4, -0.2) is 50.1 Å². The molecule has 0 fully saturated rings. The normalized spacial score (nSPS) is 13.2. The molecule has 0 unspecified atom stereocenters. The molecule has 0 spiro atoms. The molecule has 2 N–H and O–H groups in total. The van der Waals surface area contributed by atoms with Gasteiger partial charge in [0, 0.05) is 32.3 Å². The van der Waals surface area contributed by atoms with E-state index in [-0.39, 0.29) is 29.9 Å². The number of rotatable bonds is 5. The van der Waals surface area contributed by atoms with Crippen LogP contribution in [0.4, 0.5) is 5.69 Å². The van der Waals surface area contributed by atoms with E-state index in [1.807, 2.05) is 25.2 Å². The summed E-state index contributed by atoms with van der Waals surface area (Å²) in [7, 11) is 2.01. The highest BCUT2D eigenvalue weighted by molar-refractivity contribution is 14.0.